The Labute approximate surface area is 282 Å². The number of amides is 3. The minimum Gasteiger partial charge on any atom is -0.394 e. The number of carbonyl (C=O) groups excluding carboxylic acids is 3. The molecule has 47 heavy (non-hydrogen) atoms. The zero-order chi connectivity index (χ0) is 33.3. The number of aliphatic hydroxyl groups excluding tert-OH is 1. The van der Waals surface area contributed by atoms with Crippen LogP contribution in [0.4, 0.5) is 5.69 Å². The van der Waals surface area contributed by atoms with E-state index >= 15 is 4.79 Å². The van der Waals surface area contributed by atoms with E-state index in [0.29, 0.717) is 25.9 Å². The molecule has 6 rings (SSSR count). The molecule has 3 aromatic rings. The normalized spacial score (nSPS) is 26.7. The van der Waals surface area contributed by atoms with Crippen molar-refractivity contribution in [1.29, 1.82) is 0 Å². The number of carbonyl (C=O) groups is 3. The van der Waals surface area contributed by atoms with E-state index in [9.17, 15) is 14.7 Å². The van der Waals surface area contributed by atoms with Gasteiger partial charge in [-0.3, -0.25) is 14.4 Å². The third-order valence-electron chi connectivity index (χ3n) is 10.4. The van der Waals surface area contributed by atoms with Gasteiger partial charge in [-0.15, -0.1) is 24.9 Å². The SMILES string of the molecule is C=CCN(CCC)C(=O)[C@@H]1[C@H]2C(=O)N([C@@H](CO)Cc3ccccc3)C(C(=O)N(CC=C)c3ccc4ccccc4c3)C23CC[C@@]1(C)S3. The van der Waals surface area contributed by atoms with Crippen molar-refractivity contribution in [2.45, 2.75) is 61.1 Å². The van der Waals surface area contributed by atoms with Gasteiger partial charge >= 0.3 is 0 Å². The molecule has 3 amide bonds. The number of aliphatic hydroxyl groups is 1. The van der Waals surface area contributed by atoms with Crippen LogP contribution in [0.3, 0.4) is 0 Å². The Morgan fingerprint density at radius 1 is 1.00 bits per heavy atom. The molecule has 0 saturated carbocycles. The minimum atomic E-state index is -0.865. The Hall–Kier alpha value is -3.88. The van der Waals surface area contributed by atoms with E-state index in [1.54, 1.807) is 33.7 Å². The fraction of sp³-hybridized carbons (Fsp3) is 0.410. The molecule has 3 fully saturated rings. The lowest BCUT2D eigenvalue weighted by Gasteiger charge is -2.39. The maximum Gasteiger partial charge on any atom is 0.251 e. The number of fused-ring (bicyclic) bond motifs is 2. The summed E-state index contributed by atoms with van der Waals surface area (Å²) in [4.78, 5) is 49.9. The fourth-order valence-corrected chi connectivity index (χ4v) is 10.7. The van der Waals surface area contributed by atoms with Gasteiger partial charge in [0, 0.05) is 30.1 Å². The second-order valence-corrected chi connectivity index (χ2v) is 15.2. The predicted molar refractivity (Wildman–Crippen MR) is 190 cm³/mol. The van der Waals surface area contributed by atoms with Crippen molar-refractivity contribution < 1.29 is 19.5 Å². The van der Waals surface area contributed by atoms with Gasteiger partial charge in [-0.05, 0) is 61.1 Å². The summed E-state index contributed by atoms with van der Waals surface area (Å²) >= 11 is 1.66. The van der Waals surface area contributed by atoms with Crippen molar-refractivity contribution in [3.63, 3.8) is 0 Å². The monoisotopic (exact) mass is 651 g/mol. The zero-order valence-electron chi connectivity index (χ0n) is 27.4. The lowest BCUT2D eigenvalue weighted by atomic mass is 9.66. The second-order valence-electron chi connectivity index (χ2n) is 13.3. The van der Waals surface area contributed by atoms with E-state index in [4.69, 9.17) is 0 Å². The molecule has 3 saturated heterocycles. The van der Waals surface area contributed by atoms with Crippen LogP contribution < -0.4 is 4.90 Å². The Bertz CT molecular complexity index is 1680. The first-order valence-corrected chi connectivity index (χ1v) is 17.5. The number of rotatable bonds is 13. The lowest BCUT2D eigenvalue weighted by Crippen LogP contribution is -2.58. The molecule has 7 nitrogen and oxygen atoms in total. The molecule has 1 spiro atoms. The van der Waals surface area contributed by atoms with E-state index in [0.717, 1.165) is 34.9 Å². The molecule has 246 valence electrons. The minimum absolute atomic E-state index is 0.0455. The van der Waals surface area contributed by atoms with Crippen LogP contribution in [0.1, 0.15) is 38.7 Å². The van der Waals surface area contributed by atoms with E-state index in [1.165, 1.54) is 0 Å². The maximum absolute atomic E-state index is 15.2. The molecule has 6 atom stereocenters. The van der Waals surface area contributed by atoms with Crippen LogP contribution in [0, 0.1) is 11.8 Å². The van der Waals surface area contributed by atoms with Gasteiger partial charge in [0.05, 0.1) is 29.2 Å². The summed E-state index contributed by atoms with van der Waals surface area (Å²) in [5.74, 6) is -1.71. The average Bonchev–Trinajstić information content (AvgIpc) is 3.66. The average molecular weight is 652 g/mol. The number of likely N-dealkylation sites (tertiary alicyclic amines) is 1. The maximum atomic E-state index is 15.2. The first-order chi connectivity index (χ1) is 22.7. The topological polar surface area (TPSA) is 81.2 Å². The molecule has 2 bridgehead atoms. The van der Waals surface area contributed by atoms with Crippen LogP contribution >= 0.6 is 11.8 Å². The number of nitrogens with zero attached hydrogens (tertiary/aromatic N) is 3. The highest BCUT2D eigenvalue weighted by molar-refractivity contribution is 8.02. The molecule has 3 heterocycles. The van der Waals surface area contributed by atoms with Gasteiger partial charge in [0.15, 0.2) is 0 Å². The summed E-state index contributed by atoms with van der Waals surface area (Å²) in [5.41, 5.74) is 1.69. The number of hydrogen-bond acceptors (Lipinski definition) is 5. The second kappa shape index (κ2) is 13.3. The van der Waals surface area contributed by atoms with Gasteiger partial charge in [0.25, 0.3) is 5.91 Å². The van der Waals surface area contributed by atoms with Gasteiger partial charge in [-0.25, -0.2) is 0 Å². The number of anilines is 1. The molecule has 3 aliphatic rings. The lowest BCUT2D eigenvalue weighted by molar-refractivity contribution is -0.146. The van der Waals surface area contributed by atoms with Crippen molar-refractivity contribution in [2.75, 3.05) is 31.1 Å². The summed E-state index contributed by atoms with van der Waals surface area (Å²) in [6.07, 6.45) is 6.00. The molecular formula is C39H45N3O4S. The van der Waals surface area contributed by atoms with E-state index in [-0.39, 0.29) is 30.9 Å². The van der Waals surface area contributed by atoms with Crippen molar-refractivity contribution in [2.24, 2.45) is 11.8 Å². The highest BCUT2D eigenvalue weighted by Crippen LogP contribution is 2.72. The Morgan fingerprint density at radius 2 is 1.70 bits per heavy atom. The van der Waals surface area contributed by atoms with Crippen LogP contribution in [0.5, 0.6) is 0 Å². The van der Waals surface area contributed by atoms with Crippen LogP contribution in [-0.2, 0) is 20.8 Å². The Balaban J connectivity index is 1.47. The van der Waals surface area contributed by atoms with Crippen molar-refractivity contribution in [3.05, 3.63) is 104 Å². The summed E-state index contributed by atoms with van der Waals surface area (Å²) in [7, 11) is 0. The first kappa shape index (κ1) is 33.0. The molecule has 0 aliphatic carbocycles. The van der Waals surface area contributed by atoms with Gasteiger partial charge in [0.1, 0.15) is 6.04 Å². The third kappa shape index (κ3) is 5.59. The van der Waals surface area contributed by atoms with E-state index < -0.39 is 33.4 Å². The summed E-state index contributed by atoms with van der Waals surface area (Å²) in [5, 5.41) is 13.0. The van der Waals surface area contributed by atoms with Gasteiger partial charge in [-0.2, -0.15) is 0 Å². The van der Waals surface area contributed by atoms with Crippen LogP contribution in [0.25, 0.3) is 10.8 Å². The smallest absolute Gasteiger partial charge is 0.251 e. The molecule has 0 aromatic heterocycles. The molecule has 8 heteroatoms. The molecule has 0 radical (unpaired) electrons. The molecule has 3 aromatic carbocycles. The highest BCUT2D eigenvalue weighted by Gasteiger charge is 2.78. The molecule has 2 unspecified atom stereocenters. The van der Waals surface area contributed by atoms with Gasteiger partial charge < -0.3 is 19.8 Å². The summed E-state index contributed by atoms with van der Waals surface area (Å²) in [6.45, 7) is 12.9. The van der Waals surface area contributed by atoms with Crippen molar-refractivity contribution in [3.8, 4) is 0 Å². The van der Waals surface area contributed by atoms with Gasteiger partial charge in [-0.1, -0.05) is 79.7 Å². The highest BCUT2D eigenvalue weighted by atomic mass is 32.2. The number of hydrogen-bond donors (Lipinski definition) is 1. The van der Waals surface area contributed by atoms with Crippen molar-refractivity contribution in [1.82, 2.24) is 9.80 Å². The van der Waals surface area contributed by atoms with E-state index in [2.05, 4.69) is 20.1 Å². The number of benzene rings is 3. The van der Waals surface area contributed by atoms with Crippen LogP contribution in [-0.4, -0.2) is 80.4 Å². The zero-order valence-corrected chi connectivity index (χ0v) is 28.2. The Morgan fingerprint density at radius 3 is 2.38 bits per heavy atom. The van der Waals surface area contributed by atoms with Crippen LogP contribution in [0.15, 0.2) is 98.1 Å². The predicted octanol–water partition coefficient (Wildman–Crippen LogP) is 5.87. The molecule has 3 aliphatic heterocycles. The third-order valence-corrected chi connectivity index (χ3v) is 12.4. The standard InChI is InChI=1S/C39H45N3O4S/c1-5-21-40(22-6-2)35(44)32-33-36(45)42(31(26-43)24-27-13-9-8-10-14-27)34(39(33)20-19-38(32,4)47-39)37(46)41(23-7-3)30-18-17-28-15-11-12-16-29(28)25-30/h5,7-18,25,31-34,43H,1,3,6,19-24,26H2,2,4H3/t31-,32+,33+,34?,38-,39?/m1/s1. The largest absolute Gasteiger partial charge is 0.394 e. The molecular weight excluding hydrogens is 607 g/mol. The number of thioether (sulfide) groups is 1. The molecule has 1 N–H and O–H groups in total. The summed E-state index contributed by atoms with van der Waals surface area (Å²) < 4.78 is -1.30. The van der Waals surface area contributed by atoms with E-state index in [1.807, 2.05) is 84.6 Å². The summed E-state index contributed by atoms with van der Waals surface area (Å²) in [6, 6.07) is 22.2. The quantitative estimate of drug-likeness (QED) is 0.234. The first-order valence-electron chi connectivity index (χ1n) is 16.7. The Kier molecular flexibility index (Phi) is 9.36. The van der Waals surface area contributed by atoms with Crippen molar-refractivity contribution >= 4 is 45.9 Å². The van der Waals surface area contributed by atoms with Crippen LogP contribution in [0.2, 0.25) is 0 Å². The van der Waals surface area contributed by atoms with Gasteiger partial charge in [0.2, 0.25) is 11.8 Å². The fourth-order valence-electron chi connectivity index (χ4n) is 8.41.